The summed E-state index contributed by atoms with van der Waals surface area (Å²) in [7, 11) is 0. The summed E-state index contributed by atoms with van der Waals surface area (Å²) in [5.41, 5.74) is 1.31. The molecule has 1 aliphatic heterocycles. The highest BCUT2D eigenvalue weighted by molar-refractivity contribution is 5.41. The van der Waals surface area contributed by atoms with Crippen LogP contribution in [0.2, 0.25) is 0 Å². The first-order chi connectivity index (χ1) is 12.4. The van der Waals surface area contributed by atoms with Gasteiger partial charge in [0.15, 0.2) is 0 Å². The third kappa shape index (κ3) is 4.03. The van der Waals surface area contributed by atoms with Crippen molar-refractivity contribution in [2.24, 2.45) is 5.92 Å². The van der Waals surface area contributed by atoms with E-state index in [1.165, 1.54) is 50.5 Å². The van der Waals surface area contributed by atoms with Gasteiger partial charge in [-0.1, -0.05) is 19.3 Å². The van der Waals surface area contributed by atoms with Crippen molar-refractivity contribution in [3.63, 3.8) is 0 Å². The van der Waals surface area contributed by atoms with Crippen molar-refractivity contribution in [1.29, 1.82) is 0 Å². The molecule has 4 rings (SSSR count). The average Bonchev–Trinajstić information content (AvgIpc) is 3.37. The van der Waals surface area contributed by atoms with Crippen LogP contribution in [0.3, 0.4) is 0 Å². The standard InChI is InChI=1S/C20H29N5/c1-2-6-17(7-3-1)19(20-22-10-11-23-20)24-15-16-8-9-21-18(14-16)25-12-4-5-13-25/h8-11,14,17,19,24H,1-7,12-13,15H2,(H,22,23). The van der Waals surface area contributed by atoms with Gasteiger partial charge in [0.05, 0.1) is 6.04 Å². The fourth-order valence-electron chi connectivity index (χ4n) is 4.32. The van der Waals surface area contributed by atoms with E-state index in [4.69, 9.17) is 0 Å². The third-order valence-electron chi connectivity index (χ3n) is 5.70. The molecule has 0 bridgehead atoms. The van der Waals surface area contributed by atoms with Crippen LogP contribution in [0.25, 0.3) is 0 Å². The van der Waals surface area contributed by atoms with Gasteiger partial charge < -0.3 is 15.2 Å². The molecule has 1 saturated carbocycles. The first kappa shape index (κ1) is 16.6. The maximum Gasteiger partial charge on any atom is 0.128 e. The minimum Gasteiger partial charge on any atom is -0.357 e. The molecule has 2 aromatic rings. The number of H-pyrrole nitrogens is 1. The minimum atomic E-state index is 0.318. The summed E-state index contributed by atoms with van der Waals surface area (Å²) in [6.07, 6.45) is 15.0. The first-order valence-corrected chi connectivity index (χ1v) is 9.83. The number of hydrogen-bond donors (Lipinski definition) is 2. The highest BCUT2D eigenvalue weighted by Crippen LogP contribution is 2.33. The lowest BCUT2D eigenvalue weighted by molar-refractivity contribution is 0.263. The van der Waals surface area contributed by atoms with Gasteiger partial charge in [-0.25, -0.2) is 9.97 Å². The Bertz CT molecular complexity index is 642. The molecule has 2 N–H and O–H groups in total. The largest absolute Gasteiger partial charge is 0.357 e. The van der Waals surface area contributed by atoms with Gasteiger partial charge in [-0.2, -0.15) is 0 Å². The zero-order valence-corrected chi connectivity index (χ0v) is 15.0. The van der Waals surface area contributed by atoms with E-state index < -0.39 is 0 Å². The van der Waals surface area contributed by atoms with Crippen molar-refractivity contribution in [3.8, 4) is 0 Å². The lowest BCUT2D eigenvalue weighted by atomic mass is 9.83. The normalized spacial score (nSPS) is 20.1. The van der Waals surface area contributed by atoms with Gasteiger partial charge in [0, 0.05) is 38.2 Å². The molecule has 0 radical (unpaired) electrons. The van der Waals surface area contributed by atoms with Crippen molar-refractivity contribution in [2.45, 2.75) is 57.5 Å². The van der Waals surface area contributed by atoms with E-state index >= 15 is 0 Å². The monoisotopic (exact) mass is 339 g/mol. The highest BCUT2D eigenvalue weighted by atomic mass is 15.2. The predicted octanol–water partition coefficient (Wildman–Crippen LogP) is 3.82. The number of pyridine rings is 1. The lowest BCUT2D eigenvalue weighted by Crippen LogP contribution is -2.30. The van der Waals surface area contributed by atoms with Crippen LogP contribution in [0.15, 0.2) is 30.7 Å². The average molecular weight is 339 g/mol. The molecule has 1 atom stereocenters. The van der Waals surface area contributed by atoms with E-state index in [1.54, 1.807) is 0 Å². The van der Waals surface area contributed by atoms with Gasteiger partial charge in [0.25, 0.3) is 0 Å². The fraction of sp³-hybridized carbons (Fsp3) is 0.600. The summed E-state index contributed by atoms with van der Waals surface area (Å²) in [6, 6.07) is 4.70. The van der Waals surface area contributed by atoms with Crippen molar-refractivity contribution in [1.82, 2.24) is 20.3 Å². The topological polar surface area (TPSA) is 56.8 Å². The van der Waals surface area contributed by atoms with Crippen molar-refractivity contribution in [3.05, 3.63) is 42.1 Å². The number of rotatable bonds is 6. The molecule has 134 valence electrons. The Balaban J connectivity index is 1.44. The van der Waals surface area contributed by atoms with Crippen LogP contribution in [-0.4, -0.2) is 28.0 Å². The molecule has 2 aliphatic rings. The van der Waals surface area contributed by atoms with Crippen LogP contribution < -0.4 is 10.2 Å². The Morgan fingerprint density at radius 2 is 1.92 bits per heavy atom. The van der Waals surface area contributed by atoms with Gasteiger partial charge in [-0.15, -0.1) is 0 Å². The number of anilines is 1. The Morgan fingerprint density at radius 1 is 1.08 bits per heavy atom. The fourth-order valence-corrected chi connectivity index (χ4v) is 4.32. The molecule has 5 nitrogen and oxygen atoms in total. The van der Waals surface area contributed by atoms with Crippen LogP contribution in [0, 0.1) is 5.92 Å². The summed E-state index contributed by atoms with van der Waals surface area (Å²) in [5.74, 6) is 2.89. The smallest absolute Gasteiger partial charge is 0.128 e. The number of nitrogens with one attached hydrogen (secondary N) is 2. The Kier molecular flexibility index (Phi) is 5.31. The molecule has 1 unspecified atom stereocenters. The Hall–Kier alpha value is -1.88. The SMILES string of the molecule is c1cc(CNC(c2ncc[nH]2)C2CCCCC2)cc(N2CCCC2)n1. The molecule has 0 amide bonds. The van der Waals surface area contributed by atoms with Gasteiger partial charge in [0.2, 0.25) is 0 Å². The molecule has 0 spiro atoms. The zero-order chi connectivity index (χ0) is 16.9. The summed E-state index contributed by atoms with van der Waals surface area (Å²) in [5, 5.41) is 3.79. The number of hydrogen-bond acceptors (Lipinski definition) is 4. The van der Waals surface area contributed by atoms with E-state index in [2.05, 4.69) is 37.3 Å². The third-order valence-corrected chi connectivity index (χ3v) is 5.70. The van der Waals surface area contributed by atoms with Crippen LogP contribution in [0.4, 0.5) is 5.82 Å². The van der Waals surface area contributed by atoms with Crippen LogP contribution in [-0.2, 0) is 6.54 Å². The summed E-state index contributed by atoms with van der Waals surface area (Å²) >= 11 is 0. The zero-order valence-electron chi connectivity index (χ0n) is 15.0. The summed E-state index contributed by atoms with van der Waals surface area (Å²) < 4.78 is 0. The molecular formula is C20H29N5. The van der Waals surface area contributed by atoms with Crippen LogP contribution in [0.1, 0.15) is 62.4 Å². The van der Waals surface area contributed by atoms with Crippen molar-refractivity contribution >= 4 is 5.82 Å². The van der Waals surface area contributed by atoms with Gasteiger partial charge in [0.1, 0.15) is 11.6 Å². The Labute approximate surface area is 150 Å². The van der Waals surface area contributed by atoms with Gasteiger partial charge in [-0.05, 0) is 49.3 Å². The second kappa shape index (κ2) is 8.00. The molecular weight excluding hydrogens is 310 g/mol. The van der Waals surface area contributed by atoms with E-state index in [0.29, 0.717) is 12.0 Å². The maximum atomic E-state index is 4.57. The first-order valence-electron chi connectivity index (χ1n) is 9.83. The summed E-state index contributed by atoms with van der Waals surface area (Å²) in [6.45, 7) is 3.15. The van der Waals surface area contributed by atoms with Gasteiger partial charge in [-0.3, -0.25) is 0 Å². The molecule has 25 heavy (non-hydrogen) atoms. The van der Waals surface area contributed by atoms with Crippen LogP contribution in [0.5, 0.6) is 0 Å². The molecule has 3 heterocycles. The number of aromatic amines is 1. The number of nitrogens with zero attached hydrogens (tertiary/aromatic N) is 3. The van der Waals surface area contributed by atoms with Crippen LogP contribution >= 0.6 is 0 Å². The summed E-state index contributed by atoms with van der Waals surface area (Å²) in [4.78, 5) is 14.8. The second-order valence-corrected chi connectivity index (χ2v) is 7.45. The minimum absolute atomic E-state index is 0.318. The molecule has 2 fully saturated rings. The van der Waals surface area contributed by atoms with E-state index in [9.17, 15) is 0 Å². The van der Waals surface area contributed by atoms with Crippen molar-refractivity contribution in [2.75, 3.05) is 18.0 Å². The van der Waals surface area contributed by atoms with Crippen molar-refractivity contribution < 1.29 is 0 Å². The number of imidazole rings is 1. The molecule has 2 aromatic heterocycles. The Morgan fingerprint density at radius 3 is 2.68 bits per heavy atom. The van der Waals surface area contributed by atoms with Gasteiger partial charge >= 0.3 is 0 Å². The molecule has 5 heteroatoms. The number of aromatic nitrogens is 3. The predicted molar refractivity (Wildman–Crippen MR) is 100 cm³/mol. The van der Waals surface area contributed by atoms with E-state index in [-0.39, 0.29) is 0 Å². The van der Waals surface area contributed by atoms with E-state index in [0.717, 1.165) is 31.3 Å². The molecule has 1 saturated heterocycles. The quantitative estimate of drug-likeness (QED) is 0.840. The highest BCUT2D eigenvalue weighted by Gasteiger charge is 2.26. The second-order valence-electron chi connectivity index (χ2n) is 7.45. The maximum absolute atomic E-state index is 4.57. The molecule has 1 aliphatic carbocycles. The lowest BCUT2D eigenvalue weighted by Gasteiger charge is -2.30. The van der Waals surface area contributed by atoms with E-state index in [1.807, 2.05) is 18.6 Å². The molecule has 0 aromatic carbocycles.